The molecular weight excluding hydrogens is 244 g/mol. The van der Waals surface area contributed by atoms with Gasteiger partial charge in [0.05, 0.1) is 21.3 Å². The van der Waals surface area contributed by atoms with E-state index in [9.17, 15) is 0 Å². The molecule has 0 spiro atoms. The Morgan fingerprint density at radius 3 is 2.67 bits per heavy atom. The molecule has 0 aromatic heterocycles. The average molecular weight is 274 g/mol. The second-order valence-electron chi connectivity index (χ2n) is 6.79. The molecule has 108 valence electrons. The van der Waals surface area contributed by atoms with E-state index in [1.54, 1.807) is 0 Å². The Morgan fingerprint density at radius 1 is 1.33 bits per heavy atom. The SMILES string of the molecule is CC1(CCCOCC2CO2)CCCC[Si]1(C)C.O. The smallest absolute Gasteiger partial charge is 0.104 e. The van der Waals surface area contributed by atoms with Gasteiger partial charge in [-0.25, -0.2) is 0 Å². The average Bonchev–Trinajstić information content (AvgIpc) is 3.06. The molecule has 2 heterocycles. The molecule has 0 aromatic rings. The van der Waals surface area contributed by atoms with E-state index in [0.29, 0.717) is 11.1 Å². The lowest BCUT2D eigenvalue weighted by Gasteiger charge is -2.47. The summed E-state index contributed by atoms with van der Waals surface area (Å²) in [5.41, 5.74) is 0. The minimum atomic E-state index is -0.994. The highest BCUT2D eigenvalue weighted by molar-refractivity contribution is 6.80. The fourth-order valence-electron chi connectivity index (χ4n) is 3.13. The molecule has 0 aliphatic carbocycles. The molecule has 4 heteroatoms. The zero-order valence-corrected chi connectivity index (χ0v) is 13.3. The van der Waals surface area contributed by atoms with Gasteiger partial charge in [0.2, 0.25) is 0 Å². The highest BCUT2D eigenvalue weighted by atomic mass is 28.3. The Bertz CT molecular complexity index is 253. The van der Waals surface area contributed by atoms with Gasteiger partial charge >= 0.3 is 0 Å². The third-order valence-corrected chi connectivity index (χ3v) is 10.5. The van der Waals surface area contributed by atoms with Crippen molar-refractivity contribution < 1.29 is 14.9 Å². The maximum Gasteiger partial charge on any atom is 0.104 e. The lowest BCUT2D eigenvalue weighted by Crippen LogP contribution is -2.43. The van der Waals surface area contributed by atoms with Gasteiger partial charge < -0.3 is 14.9 Å². The lowest BCUT2D eigenvalue weighted by molar-refractivity contribution is 0.110. The van der Waals surface area contributed by atoms with Crippen LogP contribution in [0.3, 0.4) is 0 Å². The third kappa shape index (κ3) is 4.05. The van der Waals surface area contributed by atoms with Crippen molar-refractivity contribution in [2.45, 2.75) is 69.3 Å². The van der Waals surface area contributed by atoms with E-state index in [1.807, 2.05) is 0 Å². The van der Waals surface area contributed by atoms with Gasteiger partial charge in [-0.15, -0.1) is 0 Å². The van der Waals surface area contributed by atoms with E-state index in [4.69, 9.17) is 9.47 Å². The molecule has 0 amide bonds. The normalized spacial score (nSPS) is 33.8. The minimum absolute atomic E-state index is 0. The summed E-state index contributed by atoms with van der Waals surface area (Å²) in [6, 6.07) is 1.53. The molecule has 2 fully saturated rings. The highest BCUT2D eigenvalue weighted by Crippen LogP contribution is 2.52. The molecule has 2 rings (SSSR count). The molecule has 18 heavy (non-hydrogen) atoms. The maximum atomic E-state index is 5.65. The Labute approximate surface area is 113 Å². The summed E-state index contributed by atoms with van der Waals surface area (Å²) in [6.07, 6.45) is 7.41. The summed E-state index contributed by atoms with van der Waals surface area (Å²) in [5.74, 6) is 0. The molecule has 0 bridgehead atoms. The number of ether oxygens (including phenoxy) is 2. The predicted molar refractivity (Wildman–Crippen MR) is 77.9 cm³/mol. The quantitative estimate of drug-likeness (QED) is 0.425. The van der Waals surface area contributed by atoms with Crippen LogP contribution in [0.15, 0.2) is 0 Å². The van der Waals surface area contributed by atoms with E-state index in [0.717, 1.165) is 19.8 Å². The van der Waals surface area contributed by atoms with E-state index >= 15 is 0 Å². The molecule has 3 nitrogen and oxygen atoms in total. The van der Waals surface area contributed by atoms with Crippen molar-refractivity contribution in [2.75, 3.05) is 19.8 Å². The molecular formula is C14H30O3Si. The van der Waals surface area contributed by atoms with Crippen LogP contribution in [0.25, 0.3) is 0 Å². The Hall–Kier alpha value is 0.0969. The van der Waals surface area contributed by atoms with Crippen LogP contribution in [-0.2, 0) is 9.47 Å². The van der Waals surface area contributed by atoms with Crippen molar-refractivity contribution in [2.24, 2.45) is 0 Å². The van der Waals surface area contributed by atoms with Gasteiger partial charge in [0.15, 0.2) is 0 Å². The van der Waals surface area contributed by atoms with Crippen molar-refractivity contribution in [3.05, 3.63) is 0 Å². The summed E-state index contributed by atoms with van der Waals surface area (Å²) in [6.45, 7) is 10.4. The van der Waals surface area contributed by atoms with E-state index < -0.39 is 8.07 Å². The Kier molecular flexibility index (Phi) is 5.84. The topological polar surface area (TPSA) is 53.3 Å². The molecule has 2 aliphatic heterocycles. The number of hydrogen-bond acceptors (Lipinski definition) is 2. The minimum Gasteiger partial charge on any atom is -0.412 e. The zero-order valence-electron chi connectivity index (χ0n) is 12.3. The lowest BCUT2D eigenvalue weighted by atomic mass is 9.97. The van der Waals surface area contributed by atoms with Gasteiger partial charge in [-0.3, -0.25) is 0 Å². The van der Waals surface area contributed by atoms with Crippen LogP contribution in [-0.4, -0.2) is 39.5 Å². The Morgan fingerprint density at radius 2 is 2.06 bits per heavy atom. The first kappa shape index (κ1) is 16.2. The van der Waals surface area contributed by atoms with Gasteiger partial charge in [-0.1, -0.05) is 45.3 Å². The van der Waals surface area contributed by atoms with Crippen molar-refractivity contribution in [3.8, 4) is 0 Å². The third-order valence-electron chi connectivity index (χ3n) is 5.14. The predicted octanol–water partition coefficient (Wildman–Crippen LogP) is 3.01. The molecule has 2 N–H and O–H groups in total. The van der Waals surface area contributed by atoms with Crippen LogP contribution in [0.4, 0.5) is 0 Å². The molecule has 0 aromatic carbocycles. The number of rotatable bonds is 6. The summed E-state index contributed by atoms with van der Waals surface area (Å²) in [7, 11) is -0.994. The van der Waals surface area contributed by atoms with Crippen LogP contribution >= 0.6 is 0 Å². The Balaban J connectivity index is 0.00000162. The summed E-state index contributed by atoms with van der Waals surface area (Å²) >= 11 is 0. The van der Waals surface area contributed by atoms with E-state index in [-0.39, 0.29) is 5.48 Å². The second-order valence-corrected chi connectivity index (χ2v) is 12.3. The van der Waals surface area contributed by atoms with Crippen molar-refractivity contribution >= 4 is 8.07 Å². The van der Waals surface area contributed by atoms with Crippen LogP contribution in [0.2, 0.25) is 24.2 Å². The standard InChI is InChI=1S/C14H28O2Si.H2O/c1-14(7-4-5-10-17(14,2)3)8-6-9-15-11-13-12-16-13;/h13H,4-12H2,1-3H3;1H2. The molecule has 0 radical (unpaired) electrons. The summed E-state index contributed by atoms with van der Waals surface area (Å²) in [4.78, 5) is 0. The fourth-order valence-corrected chi connectivity index (χ4v) is 6.57. The molecule has 2 saturated heterocycles. The first-order valence-electron chi connectivity index (χ1n) is 7.23. The van der Waals surface area contributed by atoms with Crippen LogP contribution in [0.1, 0.15) is 39.0 Å². The maximum absolute atomic E-state index is 5.65. The molecule has 2 atom stereocenters. The van der Waals surface area contributed by atoms with Crippen molar-refractivity contribution in [1.29, 1.82) is 0 Å². The van der Waals surface area contributed by atoms with Gasteiger partial charge in [-0.05, 0) is 17.9 Å². The van der Waals surface area contributed by atoms with Crippen LogP contribution < -0.4 is 0 Å². The monoisotopic (exact) mass is 274 g/mol. The molecule has 2 aliphatic rings. The van der Waals surface area contributed by atoms with Crippen molar-refractivity contribution in [3.63, 3.8) is 0 Å². The first-order chi connectivity index (χ1) is 8.04. The van der Waals surface area contributed by atoms with Crippen molar-refractivity contribution in [1.82, 2.24) is 0 Å². The van der Waals surface area contributed by atoms with E-state index in [1.165, 1.54) is 38.1 Å². The van der Waals surface area contributed by atoms with Gasteiger partial charge in [0, 0.05) is 6.61 Å². The van der Waals surface area contributed by atoms with Gasteiger partial charge in [0.1, 0.15) is 6.10 Å². The fraction of sp³-hybridized carbons (Fsp3) is 1.00. The summed E-state index contributed by atoms with van der Waals surface area (Å²) < 4.78 is 10.8. The zero-order chi connectivity index (χ0) is 12.4. The molecule has 2 unspecified atom stereocenters. The number of hydrogen-bond donors (Lipinski definition) is 0. The van der Waals surface area contributed by atoms with Gasteiger partial charge in [0.25, 0.3) is 0 Å². The highest BCUT2D eigenvalue weighted by Gasteiger charge is 2.43. The van der Waals surface area contributed by atoms with Crippen LogP contribution in [0, 0.1) is 0 Å². The largest absolute Gasteiger partial charge is 0.412 e. The van der Waals surface area contributed by atoms with E-state index in [2.05, 4.69) is 20.0 Å². The van der Waals surface area contributed by atoms with Crippen LogP contribution in [0.5, 0.6) is 0 Å². The van der Waals surface area contributed by atoms with Gasteiger partial charge in [-0.2, -0.15) is 0 Å². The number of epoxide rings is 1. The first-order valence-corrected chi connectivity index (χ1v) is 10.4. The summed E-state index contributed by atoms with van der Waals surface area (Å²) in [5, 5.41) is 0.657. The molecule has 0 saturated carbocycles. The second kappa shape index (κ2) is 6.50.